The number of benzene rings is 2. The Kier molecular flexibility index (Phi) is 11.2. The number of methoxy groups -OCH3 is 1. The Morgan fingerprint density at radius 1 is 1.00 bits per heavy atom. The molecule has 0 unspecified atom stereocenters. The van der Waals surface area contributed by atoms with Crippen LogP contribution < -0.4 is 14.8 Å². The Hall–Kier alpha value is -3.09. The zero-order chi connectivity index (χ0) is 24.1. The number of rotatable bonds is 14. The Morgan fingerprint density at radius 2 is 1.67 bits per heavy atom. The van der Waals surface area contributed by atoms with Gasteiger partial charge >= 0.3 is 0 Å². The van der Waals surface area contributed by atoms with E-state index < -0.39 is 6.04 Å². The van der Waals surface area contributed by atoms with Gasteiger partial charge in [0.15, 0.2) is 0 Å². The van der Waals surface area contributed by atoms with Gasteiger partial charge in [0.2, 0.25) is 11.8 Å². The number of hydrogen-bond donors (Lipinski definition) is 1. The van der Waals surface area contributed by atoms with Crippen LogP contribution in [0.25, 0.3) is 0 Å². The van der Waals surface area contributed by atoms with Crippen LogP contribution >= 0.6 is 0 Å². The number of nitrogens with zero attached hydrogens (tertiary/aromatic N) is 1. The van der Waals surface area contributed by atoms with Crippen molar-refractivity contribution in [3.05, 3.63) is 59.9 Å². The van der Waals surface area contributed by atoms with Crippen molar-refractivity contribution >= 4 is 11.8 Å². The van der Waals surface area contributed by atoms with Crippen molar-refractivity contribution < 1.29 is 23.5 Å². The highest BCUT2D eigenvalue weighted by Gasteiger charge is 2.28. The smallest absolute Gasteiger partial charge is 0.242 e. The molecule has 2 aromatic carbocycles. The van der Waals surface area contributed by atoms with Crippen molar-refractivity contribution in [2.75, 3.05) is 20.3 Å². The molecule has 1 N–H and O–H groups in total. The monoisotopic (exact) mass is 458 g/mol. The Bertz CT molecular complexity index is 856. The molecular weight excluding hydrogens is 423 g/mol. The van der Waals surface area contributed by atoms with E-state index in [1.807, 2.05) is 31.2 Å². The predicted octanol–water partition coefficient (Wildman–Crippen LogP) is 4.72. The van der Waals surface area contributed by atoms with Gasteiger partial charge in [-0.3, -0.25) is 9.59 Å². The molecule has 0 spiro atoms. The van der Waals surface area contributed by atoms with E-state index in [1.165, 1.54) is 12.1 Å². The fraction of sp³-hybridized carbons (Fsp3) is 0.462. The van der Waals surface area contributed by atoms with Gasteiger partial charge in [-0.1, -0.05) is 32.4 Å². The van der Waals surface area contributed by atoms with Crippen molar-refractivity contribution in [1.82, 2.24) is 10.2 Å². The fourth-order valence-electron chi connectivity index (χ4n) is 3.44. The number of amides is 2. The summed E-state index contributed by atoms with van der Waals surface area (Å²) in [6.07, 6.45) is 3.11. The van der Waals surface area contributed by atoms with E-state index in [1.54, 1.807) is 24.1 Å². The second kappa shape index (κ2) is 14.1. The zero-order valence-corrected chi connectivity index (χ0v) is 19.8. The lowest BCUT2D eigenvalue weighted by molar-refractivity contribution is -0.141. The number of hydrogen-bond acceptors (Lipinski definition) is 4. The molecular formula is C26H35FN2O4. The Morgan fingerprint density at radius 3 is 2.27 bits per heavy atom. The summed E-state index contributed by atoms with van der Waals surface area (Å²) in [6, 6.07) is 12.7. The maximum Gasteiger partial charge on any atom is 0.242 e. The standard InChI is InChI=1S/C26H35FN2O4/c1-4-6-17-28-26(31)24(5-2)29(19-20-9-11-21(27)12-10-20)25(30)8-7-18-33-23-15-13-22(32-3)14-16-23/h9-16,24H,4-8,17-19H2,1-3H3,(H,28,31)/t24-/m0/s1. The van der Waals surface area contributed by atoms with Gasteiger partial charge in [-0.2, -0.15) is 0 Å². The molecule has 2 aromatic rings. The molecule has 0 saturated carbocycles. The lowest BCUT2D eigenvalue weighted by Gasteiger charge is -2.30. The molecule has 0 aliphatic carbocycles. The van der Waals surface area contributed by atoms with Crippen molar-refractivity contribution in [2.45, 2.75) is 58.5 Å². The lowest BCUT2D eigenvalue weighted by atomic mass is 10.1. The highest BCUT2D eigenvalue weighted by atomic mass is 19.1. The van der Waals surface area contributed by atoms with Crippen LogP contribution in [-0.2, 0) is 16.1 Å². The summed E-state index contributed by atoms with van der Waals surface area (Å²) in [5.41, 5.74) is 0.777. The molecule has 0 aromatic heterocycles. The average Bonchev–Trinajstić information content (AvgIpc) is 2.83. The fourth-order valence-corrected chi connectivity index (χ4v) is 3.44. The number of halogens is 1. The minimum absolute atomic E-state index is 0.129. The van der Waals surface area contributed by atoms with E-state index in [0.29, 0.717) is 31.7 Å². The van der Waals surface area contributed by atoms with Crippen molar-refractivity contribution in [3.8, 4) is 11.5 Å². The summed E-state index contributed by atoms with van der Waals surface area (Å²) >= 11 is 0. The summed E-state index contributed by atoms with van der Waals surface area (Å²) < 4.78 is 24.2. The molecule has 33 heavy (non-hydrogen) atoms. The number of nitrogens with one attached hydrogen (secondary N) is 1. The molecule has 0 heterocycles. The molecule has 2 rings (SSSR count). The van der Waals surface area contributed by atoms with Crippen molar-refractivity contribution in [2.24, 2.45) is 0 Å². The maximum atomic E-state index is 13.3. The third kappa shape index (κ3) is 8.75. The van der Waals surface area contributed by atoms with Crippen LogP contribution in [-0.4, -0.2) is 43.0 Å². The Labute approximate surface area is 196 Å². The lowest BCUT2D eigenvalue weighted by Crippen LogP contribution is -2.49. The van der Waals surface area contributed by atoms with Crippen LogP contribution in [0.5, 0.6) is 11.5 Å². The second-order valence-electron chi connectivity index (χ2n) is 7.84. The molecule has 0 aliphatic rings. The first-order chi connectivity index (χ1) is 16.0. The van der Waals surface area contributed by atoms with Crippen LogP contribution in [0.15, 0.2) is 48.5 Å². The number of carbonyl (C=O) groups is 2. The first kappa shape index (κ1) is 26.2. The van der Waals surface area contributed by atoms with E-state index in [-0.39, 0.29) is 30.6 Å². The molecule has 0 aliphatic heterocycles. The predicted molar refractivity (Wildman–Crippen MR) is 127 cm³/mol. The molecule has 6 nitrogen and oxygen atoms in total. The van der Waals surface area contributed by atoms with Crippen LogP contribution in [0.2, 0.25) is 0 Å². The van der Waals surface area contributed by atoms with E-state index in [4.69, 9.17) is 9.47 Å². The SMILES string of the molecule is CCCCNC(=O)[C@H](CC)N(Cc1ccc(F)cc1)C(=O)CCCOc1ccc(OC)cc1. The third-order valence-corrected chi connectivity index (χ3v) is 5.34. The maximum absolute atomic E-state index is 13.3. The summed E-state index contributed by atoms with van der Waals surface area (Å²) in [6.45, 7) is 5.16. The molecule has 0 bridgehead atoms. The van der Waals surface area contributed by atoms with Crippen molar-refractivity contribution in [3.63, 3.8) is 0 Å². The van der Waals surface area contributed by atoms with E-state index in [0.717, 1.165) is 24.2 Å². The number of ether oxygens (including phenoxy) is 2. The highest BCUT2D eigenvalue weighted by molar-refractivity contribution is 5.87. The topological polar surface area (TPSA) is 67.9 Å². The van der Waals surface area contributed by atoms with E-state index in [9.17, 15) is 14.0 Å². The quantitative estimate of drug-likeness (QED) is 0.416. The van der Waals surface area contributed by atoms with Gasteiger partial charge < -0.3 is 19.7 Å². The number of carbonyl (C=O) groups excluding carboxylic acids is 2. The summed E-state index contributed by atoms with van der Waals surface area (Å²) in [7, 11) is 1.60. The zero-order valence-electron chi connectivity index (χ0n) is 19.8. The van der Waals surface area contributed by atoms with Gasteiger partial charge in [-0.25, -0.2) is 4.39 Å². The molecule has 2 amide bonds. The van der Waals surface area contributed by atoms with Crippen LogP contribution in [0.3, 0.4) is 0 Å². The first-order valence-corrected chi connectivity index (χ1v) is 11.6. The largest absolute Gasteiger partial charge is 0.497 e. The third-order valence-electron chi connectivity index (χ3n) is 5.34. The van der Waals surface area contributed by atoms with Crippen LogP contribution in [0.1, 0.15) is 51.5 Å². The average molecular weight is 459 g/mol. The summed E-state index contributed by atoms with van der Waals surface area (Å²) in [5.74, 6) is 0.827. The molecule has 0 fully saturated rings. The van der Waals surface area contributed by atoms with Crippen LogP contribution in [0, 0.1) is 5.82 Å². The van der Waals surface area contributed by atoms with Gasteiger partial charge in [-0.15, -0.1) is 0 Å². The van der Waals surface area contributed by atoms with Gasteiger partial charge in [-0.05, 0) is 61.2 Å². The number of unbranched alkanes of at least 4 members (excludes halogenated alkanes) is 1. The second-order valence-corrected chi connectivity index (χ2v) is 7.84. The van der Waals surface area contributed by atoms with Gasteiger partial charge in [0.25, 0.3) is 0 Å². The van der Waals surface area contributed by atoms with Crippen molar-refractivity contribution in [1.29, 1.82) is 0 Å². The van der Waals surface area contributed by atoms with Crippen LogP contribution in [0.4, 0.5) is 4.39 Å². The molecule has 180 valence electrons. The minimum Gasteiger partial charge on any atom is -0.497 e. The molecule has 1 atom stereocenters. The summed E-state index contributed by atoms with van der Waals surface area (Å²) in [5, 5.41) is 2.94. The molecule has 0 radical (unpaired) electrons. The highest BCUT2D eigenvalue weighted by Crippen LogP contribution is 2.18. The van der Waals surface area contributed by atoms with Gasteiger partial charge in [0.1, 0.15) is 23.4 Å². The minimum atomic E-state index is -0.582. The van der Waals surface area contributed by atoms with E-state index in [2.05, 4.69) is 12.2 Å². The Balaban J connectivity index is 2.00. The molecule has 0 saturated heterocycles. The van der Waals surface area contributed by atoms with Gasteiger partial charge in [0, 0.05) is 19.5 Å². The first-order valence-electron chi connectivity index (χ1n) is 11.6. The van der Waals surface area contributed by atoms with E-state index >= 15 is 0 Å². The normalized spacial score (nSPS) is 11.5. The molecule has 7 heteroatoms. The summed E-state index contributed by atoms with van der Waals surface area (Å²) in [4.78, 5) is 27.5. The van der Waals surface area contributed by atoms with Gasteiger partial charge in [0.05, 0.1) is 13.7 Å².